The first-order valence-corrected chi connectivity index (χ1v) is 6.87. The van der Waals surface area contributed by atoms with Crippen LogP contribution in [0.4, 0.5) is 0 Å². The molecule has 1 unspecified atom stereocenters. The van der Waals surface area contributed by atoms with Gasteiger partial charge >= 0.3 is 0 Å². The molecule has 0 spiro atoms. The SMILES string of the molecule is CC(C)(C)CC1C=Cc2cc3c(cc21)CCC3.[Hf]. The normalized spacial score (nSPS) is 20.5. The van der Waals surface area contributed by atoms with Gasteiger partial charge in [-0.15, -0.1) is 0 Å². The van der Waals surface area contributed by atoms with Gasteiger partial charge in [0, 0.05) is 31.8 Å². The number of hydrogen-bond donors (Lipinski definition) is 0. The van der Waals surface area contributed by atoms with Crippen molar-refractivity contribution in [2.24, 2.45) is 5.41 Å². The summed E-state index contributed by atoms with van der Waals surface area (Å²) < 4.78 is 0. The van der Waals surface area contributed by atoms with Crippen molar-refractivity contribution in [3.8, 4) is 0 Å². The molecule has 1 aromatic rings. The molecule has 2 aliphatic carbocycles. The Kier molecular flexibility index (Phi) is 4.02. The minimum atomic E-state index is 0. The number of aryl methyl sites for hydroxylation is 2. The maximum absolute atomic E-state index is 2.49. The van der Waals surface area contributed by atoms with Crippen molar-refractivity contribution >= 4 is 6.08 Å². The maximum Gasteiger partial charge on any atom is 0.00323 e. The second-order valence-electron chi connectivity index (χ2n) is 6.83. The summed E-state index contributed by atoms with van der Waals surface area (Å²) in [6, 6.07) is 4.94. The zero-order valence-electron chi connectivity index (χ0n) is 11.7. The van der Waals surface area contributed by atoms with Gasteiger partial charge in [0.05, 0.1) is 0 Å². The Labute approximate surface area is 130 Å². The van der Waals surface area contributed by atoms with E-state index in [1.54, 1.807) is 16.7 Å². The molecular formula is C17H22Hf. The fourth-order valence-corrected chi connectivity index (χ4v) is 3.29. The molecule has 0 heterocycles. The van der Waals surface area contributed by atoms with Crippen LogP contribution in [0.1, 0.15) is 61.8 Å². The van der Waals surface area contributed by atoms with E-state index in [1.165, 1.54) is 31.2 Å². The van der Waals surface area contributed by atoms with E-state index in [1.807, 2.05) is 0 Å². The van der Waals surface area contributed by atoms with Crippen LogP contribution in [-0.4, -0.2) is 0 Å². The fraction of sp³-hybridized carbons (Fsp3) is 0.529. The first-order chi connectivity index (χ1) is 8.03. The van der Waals surface area contributed by atoms with Crippen LogP contribution >= 0.6 is 0 Å². The first kappa shape index (κ1) is 14.2. The van der Waals surface area contributed by atoms with Crippen LogP contribution in [0.25, 0.3) is 6.08 Å². The maximum atomic E-state index is 2.49. The van der Waals surface area contributed by atoms with Crippen LogP contribution in [0.2, 0.25) is 0 Å². The zero-order chi connectivity index (χ0) is 12.0. The predicted octanol–water partition coefficient (Wildman–Crippen LogP) is 4.72. The Bertz CT molecular complexity index is 477. The van der Waals surface area contributed by atoms with E-state index < -0.39 is 0 Å². The summed E-state index contributed by atoms with van der Waals surface area (Å²) in [6.07, 6.45) is 9.95. The summed E-state index contributed by atoms with van der Waals surface area (Å²) >= 11 is 0. The Morgan fingerprint density at radius 3 is 2.44 bits per heavy atom. The average molecular weight is 405 g/mol. The predicted molar refractivity (Wildman–Crippen MR) is 74.3 cm³/mol. The number of hydrogen-bond acceptors (Lipinski definition) is 0. The van der Waals surface area contributed by atoms with Crippen molar-refractivity contribution in [2.45, 2.75) is 52.4 Å². The quantitative estimate of drug-likeness (QED) is 0.594. The standard InChI is InChI=1S/C17H22.Hf/c1-17(2,3)11-15-8-7-14-9-12-5-4-6-13(12)10-16(14)15;/h7-10,15H,4-6,11H2,1-3H3;. The van der Waals surface area contributed by atoms with E-state index in [2.05, 4.69) is 45.1 Å². The molecule has 1 aromatic carbocycles. The third-order valence-corrected chi connectivity index (χ3v) is 4.04. The molecule has 1 atom stereocenters. The van der Waals surface area contributed by atoms with Crippen molar-refractivity contribution in [2.75, 3.05) is 0 Å². The summed E-state index contributed by atoms with van der Waals surface area (Å²) in [4.78, 5) is 0. The monoisotopic (exact) mass is 406 g/mol. The number of allylic oxidation sites excluding steroid dienone is 1. The average Bonchev–Trinajstić information content (AvgIpc) is 2.80. The van der Waals surface area contributed by atoms with E-state index in [9.17, 15) is 0 Å². The molecule has 18 heavy (non-hydrogen) atoms. The summed E-state index contributed by atoms with van der Waals surface area (Å²) in [5.41, 5.74) is 6.70. The molecule has 0 radical (unpaired) electrons. The van der Waals surface area contributed by atoms with Gasteiger partial charge in [-0.3, -0.25) is 0 Å². The van der Waals surface area contributed by atoms with Gasteiger partial charge in [0.1, 0.15) is 0 Å². The van der Waals surface area contributed by atoms with Crippen LogP contribution in [0, 0.1) is 5.41 Å². The third-order valence-electron chi connectivity index (χ3n) is 4.04. The first-order valence-electron chi connectivity index (χ1n) is 6.87. The molecule has 0 saturated carbocycles. The Hall–Kier alpha value is -0.170. The molecular weight excluding hydrogens is 383 g/mol. The molecule has 0 bridgehead atoms. The van der Waals surface area contributed by atoms with Crippen molar-refractivity contribution in [1.82, 2.24) is 0 Å². The number of rotatable bonds is 1. The van der Waals surface area contributed by atoms with Crippen LogP contribution < -0.4 is 0 Å². The molecule has 0 saturated heterocycles. The Morgan fingerprint density at radius 1 is 1.11 bits per heavy atom. The number of fused-ring (bicyclic) bond motifs is 2. The van der Waals surface area contributed by atoms with Gasteiger partial charge in [0.25, 0.3) is 0 Å². The molecule has 94 valence electrons. The van der Waals surface area contributed by atoms with Gasteiger partial charge in [-0.25, -0.2) is 0 Å². The molecule has 1 heteroatoms. The van der Waals surface area contributed by atoms with Crippen molar-refractivity contribution in [1.29, 1.82) is 0 Å². The Balaban J connectivity index is 0.00000120. The Morgan fingerprint density at radius 2 is 1.78 bits per heavy atom. The van der Waals surface area contributed by atoms with Gasteiger partial charge < -0.3 is 0 Å². The van der Waals surface area contributed by atoms with E-state index >= 15 is 0 Å². The van der Waals surface area contributed by atoms with Gasteiger partial charge in [0.15, 0.2) is 0 Å². The largest absolute Gasteiger partial charge is 0.0764 e. The van der Waals surface area contributed by atoms with Gasteiger partial charge in [-0.1, -0.05) is 45.1 Å². The zero-order valence-corrected chi connectivity index (χ0v) is 15.3. The van der Waals surface area contributed by atoms with Crippen molar-refractivity contribution in [3.05, 3.63) is 40.5 Å². The summed E-state index contributed by atoms with van der Waals surface area (Å²) in [6.45, 7) is 7.02. The molecule has 0 N–H and O–H groups in total. The molecule has 0 nitrogen and oxygen atoms in total. The smallest absolute Gasteiger partial charge is 0.00323 e. The number of benzene rings is 1. The summed E-state index contributed by atoms with van der Waals surface area (Å²) in [7, 11) is 0. The van der Waals surface area contributed by atoms with E-state index in [0.717, 1.165) is 0 Å². The molecule has 2 aliphatic rings. The summed E-state index contributed by atoms with van der Waals surface area (Å²) in [5.74, 6) is 0.649. The summed E-state index contributed by atoms with van der Waals surface area (Å²) in [5, 5.41) is 0. The van der Waals surface area contributed by atoms with Crippen molar-refractivity contribution in [3.63, 3.8) is 0 Å². The van der Waals surface area contributed by atoms with E-state index in [0.29, 0.717) is 11.3 Å². The minimum Gasteiger partial charge on any atom is -0.0764 e. The van der Waals surface area contributed by atoms with Gasteiger partial charge in [-0.2, -0.15) is 0 Å². The van der Waals surface area contributed by atoms with E-state index in [-0.39, 0.29) is 25.8 Å². The third kappa shape index (κ3) is 2.71. The van der Waals surface area contributed by atoms with Crippen LogP contribution in [0.3, 0.4) is 0 Å². The minimum absolute atomic E-state index is 0. The van der Waals surface area contributed by atoms with Gasteiger partial charge in [0.2, 0.25) is 0 Å². The van der Waals surface area contributed by atoms with Crippen LogP contribution in [-0.2, 0) is 38.7 Å². The molecule has 0 aromatic heterocycles. The van der Waals surface area contributed by atoms with E-state index in [4.69, 9.17) is 0 Å². The van der Waals surface area contributed by atoms with Crippen LogP contribution in [0.5, 0.6) is 0 Å². The fourth-order valence-electron chi connectivity index (χ4n) is 3.29. The van der Waals surface area contributed by atoms with Crippen molar-refractivity contribution < 1.29 is 25.8 Å². The van der Waals surface area contributed by atoms with Gasteiger partial charge in [-0.05, 0) is 53.4 Å². The molecule has 0 amide bonds. The van der Waals surface area contributed by atoms with Crippen LogP contribution in [0.15, 0.2) is 18.2 Å². The second kappa shape index (κ2) is 5.07. The topological polar surface area (TPSA) is 0 Å². The molecule has 0 fully saturated rings. The molecule has 3 rings (SSSR count). The second-order valence-corrected chi connectivity index (χ2v) is 6.83. The molecule has 0 aliphatic heterocycles.